The lowest BCUT2D eigenvalue weighted by molar-refractivity contribution is -0.0390. The fourth-order valence-corrected chi connectivity index (χ4v) is 2.66. The third-order valence-corrected chi connectivity index (χ3v) is 4.01. The maximum Gasteiger partial charge on any atom is 0.191 e. The lowest BCUT2D eigenvalue weighted by Crippen LogP contribution is -2.38. The van der Waals surface area contributed by atoms with Crippen LogP contribution in [0.25, 0.3) is 0 Å². The van der Waals surface area contributed by atoms with Gasteiger partial charge in [-0.2, -0.15) is 0 Å². The Morgan fingerprint density at radius 2 is 2.00 bits per heavy atom. The summed E-state index contributed by atoms with van der Waals surface area (Å²) in [5, 5.41) is 6.49. The first-order valence-electron chi connectivity index (χ1n) is 9.10. The van der Waals surface area contributed by atoms with E-state index in [1.54, 1.807) is 7.11 Å². The van der Waals surface area contributed by atoms with Crippen molar-refractivity contribution in [3.05, 3.63) is 35.4 Å². The molecule has 1 saturated heterocycles. The zero-order valence-corrected chi connectivity index (χ0v) is 18.2. The van der Waals surface area contributed by atoms with Gasteiger partial charge in [-0.15, -0.1) is 24.0 Å². The summed E-state index contributed by atoms with van der Waals surface area (Å²) in [5.41, 5.74) is 2.37. The van der Waals surface area contributed by atoms with Crippen molar-refractivity contribution in [3.8, 4) is 0 Å². The van der Waals surface area contributed by atoms with E-state index in [-0.39, 0.29) is 24.0 Å². The second-order valence-electron chi connectivity index (χ2n) is 6.06. The molecule has 1 aliphatic rings. The van der Waals surface area contributed by atoms with Crippen molar-refractivity contribution in [2.24, 2.45) is 4.99 Å². The maximum atomic E-state index is 6.00. The van der Waals surface area contributed by atoms with Crippen molar-refractivity contribution in [2.75, 3.05) is 40.0 Å². The number of halogens is 1. The third-order valence-electron chi connectivity index (χ3n) is 4.01. The normalized spacial score (nSPS) is 15.4. The highest BCUT2D eigenvalue weighted by Crippen LogP contribution is 2.14. The fraction of sp³-hybridized carbons (Fsp3) is 0.632. The number of aliphatic imine (C=N–C) groups is 1. The van der Waals surface area contributed by atoms with Crippen molar-refractivity contribution in [3.63, 3.8) is 0 Å². The number of ether oxygens (including phenoxy) is 3. The van der Waals surface area contributed by atoms with Gasteiger partial charge in [0.05, 0.1) is 25.9 Å². The number of benzene rings is 1. The second kappa shape index (κ2) is 14.2. The van der Waals surface area contributed by atoms with E-state index in [0.717, 1.165) is 45.1 Å². The smallest absolute Gasteiger partial charge is 0.191 e. The summed E-state index contributed by atoms with van der Waals surface area (Å²) < 4.78 is 16.4. The molecular weight excluding hydrogens is 445 g/mol. The molecule has 7 heteroatoms. The van der Waals surface area contributed by atoms with Gasteiger partial charge in [-0.05, 0) is 30.9 Å². The Morgan fingerprint density at radius 3 is 2.73 bits per heavy atom. The Hall–Kier alpha value is -0.900. The van der Waals surface area contributed by atoms with Crippen molar-refractivity contribution < 1.29 is 14.2 Å². The Balaban J connectivity index is 0.00000338. The van der Waals surface area contributed by atoms with Gasteiger partial charge < -0.3 is 24.8 Å². The summed E-state index contributed by atoms with van der Waals surface area (Å²) in [4.78, 5) is 4.63. The summed E-state index contributed by atoms with van der Waals surface area (Å²) in [7, 11) is 1.69. The molecule has 0 bridgehead atoms. The van der Waals surface area contributed by atoms with Gasteiger partial charge >= 0.3 is 0 Å². The van der Waals surface area contributed by atoms with Crippen molar-refractivity contribution in [2.45, 2.75) is 39.0 Å². The van der Waals surface area contributed by atoms with Gasteiger partial charge in [0.25, 0.3) is 0 Å². The lowest BCUT2D eigenvalue weighted by atomic mass is 10.1. The fourth-order valence-electron chi connectivity index (χ4n) is 2.66. The van der Waals surface area contributed by atoms with Gasteiger partial charge in [-0.1, -0.05) is 24.3 Å². The number of nitrogens with one attached hydrogen (secondary N) is 2. The van der Waals surface area contributed by atoms with Crippen LogP contribution in [0.15, 0.2) is 29.3 Å². The first-order valence-corrected chi connectivity index (χ1v) is 9.10. The number of hydrogen-bond acceptors (Lipinski definition) is 4. The molecule has 1 aliphatic heterocycles. The molecule has 0 spiro atoms. The highest BCUT2D eigenvalue weighted by Gasteiger charge is 2.13. The van der Waals surface area contributed by atoms with Crippen molar-refractivity contribution >= 4 is 29.9 Å². The average Bonchev–Trinajstić information content (AvgIpc) is 2.66. The van der Waals surface area contributed by atoms with E-state index < -0.39 is 0 Å². The van der Waals surface area contributed by atoms with Gasteiger partial charge in [0.1, 0.15) is 0 Å². The molecule has 0 aromatic heterocycles. The molecule has 0 aliphatic carbocycles. The average molecular weight is 477 g/mol. The van der Waals surface area contributed by atoms with E-state index in [9.17, 15) is 0 Å². The van der Waals surface area contributed by atoms with E-state index in [0.29, 0.717) is 25.9 Å². The Morgan fingerprint density at radius 1 is 1.23 bits per heavy atom. The Kier molecular flexibility index (Phi) is 12.6. The molecule has 0 unspecified atom stereocenters. The Bertz CT molecular complexity index is 523. The lowest BCUT2D eigenvalue weighted by Gasteiger charge is -2.22. The molecule has 1 heterocycles. The highest BCUT2D eigenvalue weighted by atomic mass is 127. The molecule has 2 rings (SSSR count). The van der Waals surface area contributed by atoms with Crippen LogP contribution in [0.4, 0.5) is 0 Å². The van der Waals surface area contributed by atoms with Crippen LogP contribution in [0.2, 0.25) is 0 Å². The van der Waals surface area contributed by atoms with E-state index in [1.165, 1.54) is 11.1 Å². The van der Waals surface area contributed by atoms with Gasteiger partial charge in [-0.3, -0.25) is 0 Å². The zero-order valence-electron chi connectivity index (χ0n) is 15.8. The summed E-state index contributed by atoms with van der Waals surface area (Å²) in [6, 6.07) is 8.44. The molecule has 6 nitrogen and oxygen atoms in total. The van der Waals surface area contributed by atoms with Crippen LogP contribution in [0.1, 0.15) is 30.9 Å². The number of guanidine groups is 1. The summed E-state index contributed by atoms with van der Waals surface area (Å²) >= 11 is 0. The van der Waals surface area contributed by atoms with Gasteiger partial charge in [0.2, 0.25) is 0 Å². The van der Waals surface area contributed by atoms with Crippen LogP contribution in [0.5, 0.6) is 0 Å². The zero-order chi connectivity index (χ0) is 17.7. The quantitative estimate of drug-likeness (QED) is 0.248. The van der Waals surface area contributed by atoms with E-state index >= 15 is 0 Å². The van der Waals surface area contributed by atoms with Crippen LogP contribution in [0.3, 0.4) is 0 Å². The van der Waals surface area contributed by atoms with E-state index in [1.807, 2.05) is 0 Å². The SMILES string of the molecule is CCNC(=NCc1cccc(COC2CCOCC2)c1)NCCOC.I. The van der Waals surface area contributed by atoms with Crippen LogP contribution in [0, 0.1) is 0 Å². The molecule has 0 saturated carbocycles. The first kappa shape index (κ1) is 23.1. The molecule has 26 heavy (non-hydrogen) atoms. The number of hydrogen-bond donors (Lipinski definition) is 2. The minimum absolute atomic E-state index is 0. The molecular formula is C19H32IN3O3. The number of methoxy groups -OCH3 is 1. The van der Waals surface area contributed by atoms with Crippen LogP contribution < -0.4 is 10.6 Å². The van der Waals surface area contributed by atoms with E-state index in [2.05, 4.69) is 46.8 Å². The van der Waals surface area contributed by atoms with Gasteiger partial charge in [-0.25, -0.2) is 4.99 Å². The summed E-state index contributed by atoms with van der Waals surface area (Å²) in [6.07, 6.45) is 2.30. The standard InChI is InChI=1S/C19H31N3O3.HI/c1-3-20-19(21-9-12-23-2)22-14-16-5-4-6-17(13-16)15-25-18-7-10-24-11-8-18;/h4-6,13,18H,3,7-12,14-15H2,1-2H3,(H2,20,21,22);1H. The largest absolute Gasteiger partial charge is 0.383 e. The maximum absolute atomic E-state index is 6.00. The molecule has 1 aromatic rings. The topological polar surface area (TPSA) is 64.1 Å². The highest BCUT2D eigenvalue weighted by molar-refractivity contribution is 14.0. The predicted octanol–water partition coefficient (Wildman–Crippen LogP) is 2.70. The minimum Gasteiger partial charge on any atom is -0.383 e. The van der Waals surface area contributed by atoms with Gasteiger partial charge in [0, 0.05) is 33.4 Å². The number of nitrogens with zero attached hydrogens (tertiary/aromatic N) is 1. The van der Waals surface area contributed by atoms with Crippen LogP contribution >= 0.6 is 24.0 Å². The molecule has 0 radical (unpaired) electrons. The summed E-state index contributed by atoms with van der Waals surface area (Å²) in [5.74, 6) is 0.809. The third kappa shape index (κ3) is 9.16. The number of rotatable bonds is 9. The molecule has 0 amide bonds. The van der Waals surface area contributed by atoms with Crippen LogP contribution in [-0.4, -0.2) is 52.1 Å². The summed E-state index contributed by atoms with van der Waals surface area (Å²) in [6.45, 7) is 7.18. The van der Waals surface area contributed by atoms with Gasteiger partial charge in [0.15, 0.2) is 5.96 Å². The predicted molar refractivity (Wildman–Crippen MR) is 115 cm³/mol. The molecule has 0 atom stereocenters. The molecule has 1 aromatic carbocycles. The Labute approximate surface area is 174 Å². The van der Waals surface area contributed by atoms with Crippen LogP contribution in [-0.2, 0) is 27.4 Å². The van der Waals surface area contributed by atoms with Crippen molar-refractivity contribution in [1.82, 2.24) is 10.6 Å². The molecule has 2 N–H and O–H groups in total. The van der Waals surface area contributed by atoms with Crippen molar-refractivity contribution in [1.29, 1.82) is 0 Å². The minimum atomic E-state index is 0. The van der Waals surface area contributed by atoms with E-state index in [4.69, 9.17) is 14.2 Å². The molecule has 148 valence electrons. The monoisotopic (exact) mass is 477 g/mol. The first-order chi connectivity index (χ1) is 12.3. The second-order valence-corrected chi connectivity index (χ2v) is 6.06. The molecule has 1 fully saturated rings.